The number of ether oxygens (including phenoxy) is 4. The van der Waals surface area contributed by atoms with Crippen LogP contribution in [-0.4, -0.2) is 18.8 Å². The van der Waals surface area contributed by atoms with Crippen LogP contribution < -0.4 is 18.9 Å². The molecule has 0 fully saturated rings. The van der Waals surface area contributed by atoms with Crippen LogP contribution in [0.2, 0.25) is 5.02 Å². The Bertz CT molecular complexity index is 764. The summed E-state index contributed by atoms with van der Waals surface area (Å²) >= 11 is 6.09. The molecule has 0 N–H and O–H groups in total. The van der Waals surface area contributed by atoms with E-state index in [4.69, 9.17) is 30.5 Å². The van der Waals surface area contributed by atoms with Crippen molar-refractivity contribution in [2.75, 3.05) is 13.9 Å². The highest BCUT2D eigenvalue weighted by molar-refractivity contribution is 6.32. The number of nitro benzene ring substituents is 1. The Morgan fingerprint density at radius 3 is 2.87 bits per heavy atom. The Balaban J connectivity index is 1.81. The van der Waals surface area contributed by atoms with Crippen molar-refractivity contribution in [3.63, 3.8) is 0 Å². The number of benzene rings is 2. The Labute approximate surface area is 136 Å². The second kappa shape index (κ2) is 6.21. The minimum Gasteiger partial charge on any atom is -0.496 e. The highest BCUT2D eigenvalue weighted by Crippen LogP contribution is 2.40. The summed E-state index contributed by atoms with van der Waals surface area (Å²) in [6.45, 7) is 0.215. The molecule has 3 rings (SSSR count). The standard InChI is InChI=1S/C15H12ClNO6/c1-20-10-2-3-13(12(6-10)17(18)19)21-7-9-4-11(16)15-14(5-9)22-8-23-15/h2-6H,7-8H2,1H3. The number of rotatable bonds is 5. The topological polar surface area (TPSA) is 80.1 Å². The van der Waals surface area contributed by atoms with E-state index in [1.165, 1.54) is 19.2 Å². The van der Waals surface area contributed by atoms with E-state index in [0.717, 1.165) is 0 Å². The number of nitro groups is 1. The smallest absolute Gasteiger partial charge is 0.314 e. The molecule has 0 aliphatic carbocycles. The number of nitrogens with zero attached hydrogens (tertiary/aromatic N) is 1. The van der Waals surface area contributed by atoms with Gasteiger partial charge in [0.05, 0.1) is 23.1 Å². The van der Waals surface area contributed by atoms with Gasteiger partial charge in [0.1, 0.15) is 12.4 Å². The first-order valence-electron chi connectivity index (χ1n) is 6.61. The second-order valence-electron chi connectivity index (χ2n) is 4.69. The minimum absolute atomic E-state index is 0.101. The maximum Gasteiger partial charge on any atom is 0.314 e. The molecule has 23 heavy (non-hydrogen) atoms. The summed E-state index contributed by atoms with van der Waals surface area (Å²) in [7, 11) is 1.44. The van der Waals surface area contributed by atoms with E-state index in [1.54, 1.807) is 18.2 Å². The van der Waals surface area contributed by atoms with Crippen LogP contribution in [0.15, 0.2) is 30.3 Å². The zero-order chi connectivity index (χ0) is 16.4. The van der Waals surface area contributed by atoms with Crippen LogP contribution in [0.1, 0.15) is 5.56 Å². The second-order valence-corrected chi connectivity index (χ2v) is 5.10. The monoisotopic (exact) mass is 337 g/mol. The highest BCUT2D eigenvalue weighted by Gasteiger charge is 2.20. The van der Waals surface area contributed by atoms with Crippen molar-refractivity contribution in [3.05, 3.63) is 51.0 Å². The number of methoxy groups -OCH3 is 1. The lowest BCUT2D eigenvalue weighted by atomic mass is 10.2. The lowest BCUT2D eigenvalue weighted by Crippen LogP contribution is -2.00. The molecule has 2 aromatic carbocycles. The van der Waals surface area contributed by atoms with Gasteiger partial charge in [0.15, 0.2) is 17.2 Å². The zero-order valence-electron chi connectivity index (χ0n) is 12.1. The van der Waals surface area contributed by atoms with E-state index in [2.05, 4.69) is 0 Å². The van der Waals surface area contributed by atoms with Gasteiger partial charge in [0.25, 0.3) is 0 Å². The average molecular weight is 338 g/mol. The summed E-state index contributed by atoms with van der Waals surface area (Å²) < 4.78 is 21.0. The third-order valence-electron chi connectivity index (χ3n) is 3.24. The van der Waals surface area contributed by atoms with E-state index < -0.39 is 4.92 Å². The Morgan fingerprint density at radius 2 is 2.13 bits per heavy atom. The van der Waals surface area contributed by atoms with E-state index in [0.29, 0.717) is 27.8 Å². The fourth-order valence-electron chi connectivity index (χ4n) is 2.15. The Morgan fingerprint density at radius 1 is 1.30 bits per heavy atom. The minimum atomic E-state index is -0.523. The molecular weight excluding hydrogens is 326 g/mol. The molecule has 0 amide bonds. The largest absolute Gasteiger partial charge is 0.496 e. The van der Waals surface area contributed by atoms with Crippen LogP contribution >= 0.6 is 11.6 Å². The lowest BCUT2D eigenvalue weighted by Gasteiger charge is -2.09. The van der Waals surface area contributed by atoms with Crippen molar-refractivity contribution in [1.82, 2.24) is 0 Å². The van der Waals surface area contributed by atoms with Crippen LogP contribution in [0.25, 0.3) is 0 Å². The van der Waals surface area contributed by atoms with Crippen LogP contribution in [-0.2, 0) is 6.61 Å². The molecule has 0 saturated heterocycles. The van der Waals surface area contributed by atoms with Crippen molar-refractivity contribution < 1.29 is 23.9 Å². The molecule has 0 atom stereocenters. The van der Waals surface area contributed by atoms with Crippen LogP contribution in [0.3, 0.4) is 0 Å². The third kappa shape index (κ3) is 3.09. The number of hydrogen-bond donors (Lipinski definition) is 0. The van der Waals surface area contributed by atoms with Gasteiger partial charge < -0.3 is 18.9 Å². The lowest BCUT2D eigenvalue weighted by molar-refractivity contribution is -0.386. The summed E-state index contributed by atoms with van der Waals surface area (Å²) in [6, 6.07) is 7.79. The van der Waals surface area contributed by atoms with E-state index >= 15 is 0 Å². The number of hydrogen-bond acceptors (Lipinski definition) is 6. The SMILES string of the molecule is COc1ccc(OCc2cc(Cl)c3c(c2)OCO3)c([N+](=O)[O-])c1. The summed E-state index contributed by atoms with van der Waals surface area (Å²) in [5.74, 6) is 1.55. The van der Waals surface area contributed by atoms with Gasteiger partial charge in [-0.15, -0.1) is 0 Å². The molecule has 0 radical (unpaired) electrons. The first-order chi connectivity index (χ1) is 11.1. The van der Waals surface area contributed by atoms with Gasteiger partial charge in [0, 0.05) is 0 Å². The van der Waals surface area contributed by atoms with Gasteiger partial charge in [-0.05, 0) is 29.8 Å². The van der Waals surface area contributed by atoms with Gasteiger partial charge in [-0.2, -0.15) is 0 Å². The summed E-state index contributed by atoms with van der Waals surface area (Å²) in [5.41, 5.74) is 0.542. The van der Waals surface area contributed by atoms with Crippen molar-refractivity contribution in [2.45, 2.75) is 6.61 Å². The van der Waals surface area contributed by atoms with Crippen LogP contribution in [0.5, 0.6) is 23.0 Å². The molecular formula is C15H12ClNO6. The van der Waals surface area contributed by atoms with Crippen molar-refractivity contribution in [3.8, 4) is 23.0 Å². The quantitative estimate of drug-likeness (QED) is 0.613. The first-order valence-corrected chi connectivity index (χ1v) is 6.99. The molecule has 1 aliphatic rings. The molecule has 0 saturated carbocycles. The molecule has 2 aromatic rings. The van der Waals surface area contributed by atoms with Crippen molar-refractivity contribution in [1.29, 1.82) is 0 Å². The predicted molar refractivity (Wildman–Crippen MR) is 81.6 cm³/mol. The number of fused-ring (bicyclic) bond motifs is 1. The molecule has 120 valence electrons. The summed E-state index contributed by atoms with van der Waals surface area (Å²) in [6.07, 6.45) is 0. The van der Waals surface area contributed by atoms with E-state index in [9.17, 15) is 10.1 Å². The van der Waals surface area contributed by atoms with E-state index in [1.807, 2.05) is 0 Å². The molecule has 0 unspecified atom stereocenters. The fourth-order valence-corrected chi connectivity index (χ4v) is 2.44. The average Bonchev–Trinajstić information content (AvgIpc) is 3.01. The molecule has 0 aromatic heterocycles. The van der Waals surface area contributed by atoms with Gasteiger partial charge in [0.2, 0.25) is 6.79 Å². The van der Waals surface area contributed by atoms with Gasteiger partial charge in [-0.1, -0.05) is 11.6 Å². The van der Waals surface area contributed by atoms with Crippen LogP contribution in [0, 0.1) is 10.1 Å². The normalized spacial score (nSPS) is 12.1. The molecule has 1 aliphatic heterocycles. The summed E-state index contributed by atoms with van der Waals surface area (Å²) in [5, 5.41) is 11.5. The first kappa shape index (κ1) is 15.2. The van der Waals surface area contributed by atoms with Gasteiger partial charge in [-0.25, -0.2) is 0 Å². The molecule has 8 heteroatoms. The van der Waals surface area contributed by atoms with Crippen molar-refractivity contribution in [2.24, 2.45) is 0 Å². The zero-order valence-corrected chi connectivity index (χ0v) is 12.8. The third-order valence-corrected chi connectivity index (χ3v) is 3.52. The van der Waals surface area contributed by atoms with Crippen molar-refractivity contribution >= 4 is 17.3 Å². The molecule has 0 bridgehead atoms. The van der Waals surface area contributed by atoms with Gasteiger partial charge in [-0.3, -0.25) is 10.1 Å². The molecule has 1 heterocycles. The fraction of sp³-hybridized carbons (Fsp3) is 0.200. The predicted octanol–water partition coefficient (Wildman–Crippen LogP) is 3.56. The number of halogens is 1. The highest BCUT2D eigenvalue weighted by atomic mass is 35.5. The maximum absolute atomic E-state index is 11.1. The van der Waals surface area contributed by atoms with Gasteiger partial charge >= 0.3 is 5.69 Å². The maximum atomic E-state index is 11.1. The van der Waals surface area contributed by atoms with E-state index in [-0.39, 0.29) is 24.8 Å². The summed E-state index contributed by atoms with van der Waals surface area (Å²) in [4.78, 5) is 10.6. The van der Waals surface area contributed by atoms with Crippen LogP contribution in [0.4, 0.5) is 5.69 Å². The Kier molecular flexibility index (Phi) is 4.12. The molecule has 0 spiro atoms. The molecule has 7 nitrogen and oxygen atoms in total. The Hall–Kier alpha value is -2.67.